The van der Waals surface area contributed by atoms with Gasteiger partial charge in [0.15, 0.2) is 5.58 Å². The molecular formula is C24H28NO4+. The van der Waals surface area contributed by atoms with Gasteiger partial charge in [0.25, 0.3) is 0 Å². The van der Waals surface area contributed by atoms with Crippen LogP contribution >= 0.6 is 0 Å². The molecule has 0 spiro atoms. The van der Waals surface area contributed by atoms with E-state index in [0.29, 0.717) is 18.2 Å². The molecule has 29 heavy (non-hydrogen) atoms. The SMILES string of the molecule is CCc1cc2c(C)cc(=O)oc2c(C[NH+](Cc2ccc(OC)cc2)C2CC2)c1O. The standard InChI is InChI=1S/C24H27NO4/c1-4-17-12-20-15(2)11-22(26)29-24(20)21(23(17)27)14-25(18-7-8-18)13-16-5-9-19(28-3)10-6-16/h5-6,9-12,18,27H,4,7-8,13-14H2,1-3H3/p+1. The molecule has 1 aliphatic rings. The predicted molar refractivity (Wildman–Crippen MR) is 113 cm³/mol. The van der Waals surface area contributed by atoms with Crippen LogP contribution in [-0.4, -0.2) is 18.3 Å². The van der Waals surface area contributed by atoms with E-state index in [1.54, 1.807) is 7.11 Å². The van der Waals surface area contributed by atoms with E-state index in [4.69, 9.17) is 9.15 Å². The van der Waals surface area contributed by atoms with E-state index in [-0.39, 0.29) is 11.4 Å². The largest absolute Gasteiger partial charge is 0.507 e. The van der Waals surface area contributed by atoms with Crippen LogP contribution in [0.3, 0.4) is 0 Å². The monoisotopic (exact) mass is 394 g/mol. The molecule has 5 nitrogen and oxygen atoms in total. The molecule has 4 rings (SSSR count). The number of hydrogen-bond acceptors (Lipinski definition) is 4. The number of phenolic OH excluding ortho intramolecular Hbond substituents is 1. The highest BCUT2D eigenvalue weighted by atomic mass is 16.5. The number of fused-ring (bicyclic) bond motifs is 1. The minimum atomic E-state index is -0.372. The summed E-state index contributed by atoms with van der Waals surface area (Å²) in [6.45, 7) is 5.42. The van der Waals surface area contributed by atoms with Gasteiger partial charge in [-0.25, -0.2) is 4.79 Å². The normalized spacial score (nSPS) is 14.9. The fourth-order valence-corrected chi connectivity index (χ4v) is 4.08. The molecule has 0 aliphatic heterocycles. The highest BCUT2D eigenvalue weighted by Gasteiger charge is 2.35. The van der Waals surface area contributed by atoms with Gasteiger partial charge in [-0.3, -0.25) is 0 Å². The number of benzene rings is 2. The fraction of sp³-hybridized carbons (Fsp3) is 0.375. The maximum absolute atomic E-state index is 12.0. The highest BCUT2D eigenvalue weighted by molar-refractivity contribution is 5.86. The first-order valence-corrected chi connectivity index (χ1v) is 10.3. The smallest absolute Gasteiger partial charge is 0.336 e. The van der Waals surface area contributed by atoms with Gasteiger partial charge in [-0.15, -0.1) is 0 Å². The Bertz CT molecular complexity index is 1080. The molecule has 1 aliphatic carbocycles. The van der Waals surface area contributed by atoms with Crippen molar-refractivity contribution in [3.05, 3.63) is 69.1 Å². The van der Waals surface area contributed by atoms with Crippen molar-refractivity contribution in [1.29, 1.82) is 0 Å². The van der Waals surface area contributed by atoms with E-state index in [1.165, 1.54) is 29.4 Å². The summed E-state index contributed by atoms with van der Waals surface area (Å²) in [7, 11) is 1.67. The number of rotatable bonds is 7. The molecule has 2 aromatic carbocycles. The third kappa shape index (κ3) is 4.01. The lowest BCUT2D eigenvalue weighted by Crippen LogP contribution is -3.10. The third-order valence-corrected chi connectivity index (χ3v) is 5.92. The van der Waals surface area contributed by atoms with Crippen LogP contribution < -0.4 is 15.3 Å². The van der Waals surface area contributed by atoms with Crippen LogP contribution in [0, 0.1) is 6.92 Å². The van der Waals surface area contributed by atoms with Crippen molar-refractivity contribution in [2.45, 2.75) is 52.2 Å². The molecule has 1 saturated carbocycles. The topological polar surface area (TPSA) is 64.1 Å². The van der Waals surface area contributed by atoms with E-state index >= 15 is 0 Å². The van der Waals surface area contributed by atoms with Crippen LogP contribution in [0.4, 0.5) is 0 Å². The molecule has 5 heteroatoms. The number of nitrogens with one attached hydrogen (secondary N) is 1. The number of quaternary nitrogens is 1. The minimum absolute atomic E-state index is 0.265. The Balaban J connectivity index is 1.73. The fourth-order valence-electron chi connectivity index (χ4n) is 4.08. The molecule has 2 N–H and O–H groups in total. The van der Waals surface area contributed by atoms with Crippen molar-refractivity contribution in [2.24, 2.45) is 0 Å². The van der Waals surface area contributed by atoms with Gasteiger partial charge in [0, 0.05) is 29.9 Å². The first kappa shape index (κ1) is 19.5. The Hall–Kier alpha value is -2.79. The summed E-state index contributed by atoms with van der Waals surface area (Å²) in [5.74, 6) is 1.11. The van der Waals surface area contributed by atoms with Gasteiger partial charge in [-0.05, 0) is 54.8 Å². The van der Waals surface area contributed by atoms with Crippen molar-refractivity contribution in [3.8, 4) is 11.5 Å². The minimum Gasteiger partial charge on any atom is -0.507 e. The van der Waals surface area contributed by atoms with Gasteiger partial charge in [0.2, 0.25) is 0 Å². The van der Waals surface area contributed by atoms with E-state index in [0.717, 1.165) is 40.8 Å². The van der Waals surface area contributed by atoms with E-state index in [2.05, 4.69) is 12.1 Å². The van der Waals surface area contributed by atoms with Crippen LogP contribution in [-0.2, 0) is 19.5 Å². The molecule has 0 saturated heterocycles. The van der Waals surface area contributed by atoms with Crippen molar-refractivity contribution in [3.63, 3.8) is 0 Å². The zero-order chi connectivity index (χ0) is 20.5. The summed E-state index contributed by atoms with van der Waals surface area (Å²) in [6, 6.07) is 12.2. The second-order valence-electron chi connectivity index (χ2n) is 7.98. The molecule has 1 aromatic heterocycles. The molecule has 1 unspecified atom stereocenters. The lowest BCUT2D eigenvalue weighted by atomic mass is 9.99. The molecule has 0 amide bonds. The zero-order valence-corrected chi connectivity index (χ0v) is 17.2. The molecule has 1 heterocycles. The summed E-state index contributed by atoms with van der Waals surface area (Å²) in [5.41, 5.74) is 3.90. The predicted octanol–water partition coefficient (Wildman–Crippen LogP) is 3.13. The van der Waals surface area contributed by atoms with E-state index in [9.17, 15) is 9.90 Å². The maximum atomic E-state index is 12.0. The zero-order valence-electron chi connectivity index (χ0n) is 17.2. The average molecular weight is 394 g/mol. The Morgan fingerprint density at radius 1 is 1.17 bits per heavy atom. The molecule has 3 aromatic rings. The first-order valence-electron chi connectivity index (χ1n) is 10.3. The number of methoxy groups -OCH3 is 1. The van der Waals surface area contributed by atoms with Crippen molar-refractivity contribution < 1.29 is 19.2 Å². The number of aromatic hydroxyl groups is 1. The quantitative estimate of drug-likeness (QED) is 0.605. The Morgan fingerprint density at radius 3 is 2.52 bits per heavy atom. The highest BCUT2D eigenvalue weighted by Crippen LogP contribution is 2.32. The summed E-state index contributed by atoms with van der Waals surface area (Å²) in [5, 5.41) is 11.9. The van der Waals surface area contributed by atoms with Crippen LogP contribution in [0.5, 0.6) is 11.5 Å². The Kier molecular flexibility index (Phi) is 5.33. The van der Waals surface area contributed by atoms with Gasteiger partial charge in [0.05, 0.1) is 18.7 Å². The van der Waals surface area contributed by atoms with Crippen molar-refractivity contribution >= 4 is 11.0 Å². The number of hydrogen-bond donors (Lipinski definition) is 2. The van der Waals surface area contributed by atoms with Crippen LogP contribution in [0.2, 0.25) is 0 Å². The van der Waals surface area contributed by atoms with Gasteiger partial charge in [-0.1, -0.05) is 6.92 Å². The second kappa shape index (κ2) is 7.91. The van der Waals surface area contributed by atoms with Crippen LogP contribution in [0.15, 0.2) is 45.6 Å². The van der Waals surface area contributed by atoms with Gasteiger partial charge in [-0.2, -0.15) is 0 Å². The van der Waals surface area contributed by atoms with Gasteiger partial charge < -0.3 is 19.2 Å². The number of phenols is 1. The molecule has 1 fully saturated rings. The molecule has 0 bridgehead atoms. The van der Waals surface area contributed by atoms with Gasteiger partial charge in [0.1, 0.15) is 24.6 Å². The van der Waals surface area contributed by atoms with Crippen LogP contribution in [0.1, 0.15) is 42.0 Å². The summed E-state index contributed by atoms with van der Waals surface area (Å²) in [6.07, 6.45) is 3.09. The molecule has 0 radical (unpaired) electrons. The van der Waals surface area contributed by atoms with E-state index in [1.807, 2.05) is 32.0 Å². The summed E-state index contributed by atoms with van der Waals surface area (Å²) >= 11 is 0. The third-order valence-electron chi connectivity index (χ3n) is 5.92. The van der Waals surface area contributed by atoms with Crippen LogP contribution in [0.25, 0.3) is 11.0 Å². The Labute approximate surface area is 170 Å². The first-order chi connectivity index (χ1) is 14.0. The average Bonchev–Trinajstić information content (AvgIpc) is 3.55. The lowest BCUT2D eigenvalue weighted by Gasteiger charge is -2.21. The van der Waals surface area contributed by atoms with Crippen molar-refractivity contribution in [2.75, 3.05) is 7.11 Å². The number of aryl methyl sites for hydroxylation is 2. The Morgan fingerprint density at radius 2 is 1.90 bits per heavy atom. The van der Waals surface area contributed by atoms with E-state index < -0.39 is 0 Å². The number of ether oxygens (including phenoxy) is 1. The lowest BCUT2D eigenvalue weighted by molar-refractivity contribution is -0.938. The second-order valence-corrected chi connectivity index (χ2v) is 7.98. The maximum Gasteiger partial charge on any atom is 0.336 e. The summed E-state index contributed by atoms with van der Waals surface area (Å²) in [4.78, 5) is 13.4. The molecular weight excluding hydrogens is 366 g/mol. The van der Waals surface area contributed by atoms with Gasteiger partial charge >= 0.3 is 5.63 Å². The molecule has 1 atom stereocenters. The van der Waals surface area contributed by atoms with Crippen molar-refractivity contribution in [1.82, 2.24) is 0 Å². The summed E-state index contributed by atoms with van der Waals surface area (Å²) < 4.78 is 10.8. The molecule has 152 valence electrons.